The second kappa shape index (κ2) is 5.64. The van der Waals surface area contributed by atoms with E-state index in [2.05, 4.69) is 22.0 Å². The normalized spacial score (nSPS) is 28.4. The van der Waals surface area contributed by atoms with Gasteiger partial charge in [0.1, 0.15) is 0 Å². The fourth-order valence-corrected chi connectivity index (χ4v) is 2.67. The molecule has 92 valence electrons. The lowest BCUT2D eigenvalue weighted by Gasteiger charge is -2.24. The number of carbonyl (C=O) groups is 1. The summed E-state index contributed by atoms with van der Waals surface area (Å²) in [6, 6.07) is 0. The molecule has 4 nitrogen and oxygen atoms in total. The van der Waals surface area contributed by atoms with Crippen molar-refractivity contribution in [3.8, 4) is 0 Å². The highest BCUT2D eigenvalue weighted by molar-refractivity contribution is 5.76. The van der Waals surface area contributed by atoms with Crippen molar-refractivity contribution in [1.82, 2.24) is 15.1 Å². The number of rotatable bonds is 3. The van der Waals surface area contributed by atoms with Crippen LogP contribution in [-0.2, 0) is 4.79 Å². The van der Waals surface area contributed by atoms with Crippen molar-refractivity contribution < 1.29 is 4.79 Å². The number of hydrogen-bond donors (Lipinski definition) is 1. The first-order valence-electron chi connectivity index (χ1n) is 6.50. The summed E-state index contributed by atoms with van der Waals surface area (Å²) in [5.41, 5.74) is 0. The van der Waals surface area contributed by atoms with E-state index in [0.29, 0.717) is 18.2 Å². The van der Waals surface area contributed by atoms with Gasteiger partial charge in [-0.3, -0.25) is 4.79 Å². The number of carbonyl (C=O) groups excluding carboxylic acids is 1. The molecule has 0 saturated carbocycles. The summed E-state index contributed by atoms with van der Waals surface area (Å²) in [5, 5.41) is 3.28. The molecule has 16 heavy (non-hydrogen) atoms. The highest BCUT2D eigenvalue weighted by Crippen LogP contribution is 2.17. The fourth-order valence-electron chi connectivity index (χ4n) is 2.67. The van der Waals surface area contributed by atoms with Gasteiger partial charge < -0.3 is 15.1 Å². The van der Waals surface area contributed by atoms with Crippen LogP contribution in [-0.4, -0.2) is 61.5 Å². The molecular formula is C12H23N3O. The number of nitrogens with zero attached hydrogens (tertiary/aromatic N) is 2. The summed E-state index contributed by atoms with van der Waals surface area (Å²) >= 11 is 0. The maximum atomic E-state index is 11.8. The van der Waals surface area contributed by atoms with E-state index in [9.17, 15) is 4.79 Å². The zero-order chi connectivity index (χ0) is 11.4. The van der Waals surface area contributed by atoms with Crippen LogP contribution < -0.4 is 5.32 Å². The van der Waals surface area contributed by atoms with E-state index < -0.39 is 0 Å². The molecule has 2 fully saturated rings. The Balaban J connectivity index is 1.81. The Morgan fingerprint density at radius 1 is 1.38 bits per heavy atom. The molecule has 4 heteroatoms. The average Bonchev–Trinajstić information content (AvgIpc) is 2.65. The van der Waals surface area contributed by atoms with Crippen molar-refractivity contribution in [3.05, 3.63) is 0 Å². The van der Waals surface area contributed by atoms with Gasteiger partial charge in [0.05, 0.1) is 0 Å². The Morgan fingerprint density at radius 3 is 3.00 bits per heavy atom. The van der Waals surface area contributed by atoms with Crippen molar-refractivity contribution in [3.63, 3.8) is 0 Å². The van der Waals surface area contributed by atoms with E-state index in [0.717, 1.165) is 32.7 Å². The molecule has 0 aromatic rings. The smallest absolute Gasteiger partial charge is 0.223 e. The molecule has 0 radical (unpaired) electrons. The van der Waals surface area contributed by atoms with Gasteiger partial charge in [0.25, 0.3) is 0 Å². The number of amides is 1. The van der Waals surface area contributed by atoms with Crippen molar-refractivity contribution in [1.29, 1.82) is 0 Å². The molecule has 1 amide bonds. The van der Waals surface area contributed by atoms with Gasteiger partial charge in [-0.2, -0.15) is 0 Å². The summed E-state index contributed by atoms with van der Waals surface area (Å²) in [7, 11) is 0. The molecule has 1 N–H and O–H groups in total. The molecule has 0 aromatic heterocycles. The van der Waals surface area contributed by atoms with Gasteiger partial charge in [0.2, 0.25) is 5.91 Å². The van der Waals surface area contributed by atoms with Gasteiger partial charge in [0, 0.05) is 39.1 Å². The van der Waals surface area contributed by atoms with E-state index >= 15 is 0 Å². The van der Waals surface area contributed by atoms with Crippen LogP contribution in [0.4, 0.5) is 0 Å². The summed E-state index contributed by atoms with van der Waals surface area (Å²) in [6.07, 6.45) is 1.93. The van der Waals surface area contributed by atoms with Crippen LogP contribution in [0.15, 0.2) is 0 Å². The van der Waals surface area contributed by atoms with Crippen LogP contribution in [0.3, 0.4) is 0 Å². The van der Waals surface area contributed by atoms with Crippen LogP contribution >= 0.6 is 0 Å². The average molecular weight is 225 g/mol. The molecular weight excluding hydrogens is 202 g/mol. The Morgan fingerprint density at radius 2 is 2.25 bits per heavy atom. The molecule has 1 atom stereocenters. The van der Waals surface area contributed by atoms with E-state index in [1.54, 1.807) is 0 Å². The summed E-state index contributed by atoms with van der Waals surface area (Å²) in [6.45, 7) is 9.40. The zero-order valence-corrected chi connectivity index (χ0v) is 10.2. The maximum Gasteiger partial charge on any atom is 0.223 e. The van der Waals surface area contributed by atoms with Crippen molar-refractivity contribution in [2.24, 2.45) is 5.92 Å². The fraction of sp³-hybridized carbons (Fsp3) is 0.917. The van der Waals surface area contributed by atoms with Gasteiger partial charge in [-0.15, -0.1) is 0 Å². The van der Waals surface area contributed by atoms with E-state index in [-0.39, 0.29) is 0 Å². The summed E-state index contributed by atoms with van der Waals surface area (Å²) < 4.78 is 0. The van der Waals surface area contributed by atoms with Gasteiger partial charge in [-0.25, -0.2) is 0 Å². The minimum absolute atomic E-state index is 0.333. The summed E-state index contributed by atoms with van der Waals surface area (Å²) in [4.78, 5) is 16.4. The minimum Gasteiger partial charge on any atom is -0.341 e. The zero-order valence-electron chi connectivity index (χ0n) is 10.2. The lowest BCUT2D eigenvalue weighted by molar-refractivity contribution is -0.130. The quantitative estimate of drug-likeness (QED) is 0.743. The van der Waals surface area contributed by atoms with Crippen molar-refractivity contribution in [2.75, 3.05) is 45.8 Å². The van der Waals surface area contributed by atoms with Gasteiger partial charge in [-0.1, -0.05) is 6.92 Å². The third-order valence-electron chi connectivity index (χ3n) is 3.72. The largest absolute Gasteiger partial charge is 0.341 e. The standard InChI is InChI=1S/C12H23N3O/c1-2-14-7-4-11(9-14)10-15-8-6-13-5-3-12(15)16/h11,13H,2-10H2,1H3. The first-order chi connectivity index (χ1) is 7.79. The van der Waals surface area contributed by atoms with Crippen molar-refractivity contribution in [2.45, 2.75) is 19.8 Å². The predicted octanol–water partition coefficient (Wildman–Crippen LogP) is 0.150. The van der Waals surface area contributed by atoms with E-state index in [1.165, 1.54) is 19.5 Å². The second-order valence-electron chi connectivity index (χ2n) is 4.89. The van der Waals surface area contributed by atoms with Crippen LogP contribution in [0.25, 0.3) is 0 Å². The highest BCUT2D eigenvalue weighted by atomic mass is 16.2. The van der Waals surface area contributed by atoms with E-state index in [4.69, 9.17) is 0 Å². The SMILES string of the molecule is CCN1CCC(CN2CCNCCC2=O)C1. The molecule has 2 heterocycles. The predicted molar refractivity (Wildman–Crippen MR) is 64.3 cm³/mol. The van der Waals surface area contributed by atoms with Gasteiger partial charge >= 0.3 is 0 Å². The maximum absolute atomic E-state index is 11.8. The lowest BCUT2D eigenvalue weighted by atomic mass is 10.1. The van der Waals surface area contributed by atoms with E-state index in [1.807, 2.05) is 0 Å². The van der Waals surface area contributed by atoms with Crippen LogP contribution in [0.5, 0.6) is 0 Å². The molecule has 0 spiro atoms. The van der Waals surface area contributed by atoms with Crippen LogP contribution in [0.1, 0.15) is 19.8 Å². The van der Waals surface area contributed by atoms with Crippen molar-refractivity contribution >= 4 is 5.91 Å². The molecule has 2 saturated heterocycles. The third kappa shape index (κ3) is 2.95. The third-order valence-corrected chi connectivity index (χ3v) is 3.72. The molecule has 2 aliphatic heterocycles. The second-order valence-corrected chi connectivity index (χ2v) is 4.89. The van der Waals surface area contributed by atoms with Gasteiger partial charge in [0.15, 0.2) is 0 Å². The number of nitrogens with one attached hydrogen (secondary N) is 1. The number of likely N-dealkylation sites (tertiary alicyclic amines) is 1. The monoisotopic (exact) mass is 225 g/mol. The molecule has 2 rings (SSSR count). The topological polar surface area (TPSA) is 35.6 Å². The first kappa shape index (κ1) is 11.9. The molecule has 0 aromatic carbocycles. The first-order valence-corrected chi connectivity index (χ1v) is 6.50. The van der Waals surface area contributed by atoms with Gasteiger partial charge in [-0.05, 0) is 25.4 Å². The van der Waals surface area contributed by atoms with Crippen LogP contribution in [0, 0.1) is 5.92 Å². The lowest BCUT2D eigenvalue weighted by Crippen LogP contribution is -2.37. The Labute approximate surface area is 98.0 Å². The molecule has 0 aliphatic carbocycles. The summed E-state index contributed by atoms with van der Waals surface area (Å²) in [5.74, 6) is 1.03. The highest BCUT2D eigenvalue weighted by Gasteiger charge is 2.25. The Hall–Kier alpha value is -0.610. The Bertz CT molecular complexity index is 244. The number of hydrogen-bond acceptors (Lipinski definition) is 3. The minimum atomic E-state index is 0.333. The Kier molecular flexibility index (Phi) is 4.18. The molecule has 2 aliphatic rings. The van der Waals surface area contributed by atoms with Crippen LogP contribution in [0.2, 0.25) is 0 Å². The molecule has 0 bridgehead atoms. The molecule has 1 unspecified atom stereocenters.